The van der Waals surface area contributed by atoms with E-state index in [4.69, 9.17) is 5.73 Å². The average Bonchev–Trinajstić information content (AvgIpc) is 1.98. The van der Waals surface area contributed by atoms with E-state index in [1.807, 2.05) is 0 Å². The van der Waals surface area contributed by atoms with Gasteiger partial charge in [-0.25, -0.2) is 9.97 Å². The maximum atomic E-state index is 9.99. The van der Waals surface area contributed by atoms with Crippen LogP contribution in [-0.2, 0) is 4.79 Å². The molecule has 6 heteroatoms. The van der Waals surface area contributed by atoms with Gasteiger partial charge in [-0.1, -0.05) is 0 Å². The highest BCUT2D eigenvalue weighted by Crippen LogP contribution is 2.14. The third kappa shape index (κ3) is 1.87. The summed E-state index contributed by atoms with van der Waals surface area (Å²) in [6.45, 7) is 0. The van der Waals surface area contributed by atoms with E-state index in [-0.39, 0.29) is 11.6 Å². The number of nitrogen functional groups attached to an aromatic ring is 1. The van der Waals surface area contributed by atoms with E-state index in [0.717, 1.165) is 0 Å². The minimum Gasteiger partial charge on any atom is -0.381 e. The molecular weight excluding hydrogens is 212 g/mol. The summed E-state index contributed by atoms with van der Waals surface area (Å²) in [6, 6.07) is 0. The largest absolute Gasteiger partial charge is 0.381 e. The number of halogens is 1. The molecule has 0 aliphatic heterocycles. The summed E-state index contributed by atoms with van der Waals surface area (Å²) in [5.41, 5.74) is 5.36. The molecule has 1 amide bonds. The molecule has 0 spiro atoms. The number of hydrogen-bond donors (Lipinski definition) is 2. The van der Waals surface area contributed by atoms with Gasteiger partial charge in [0, 0.05) is 0 Å². The second-order valence-electron chi connectivity index (χ2n) is 1.69. The molecule has 0 aromatic carbocycles. The molecule has 3 N–H and O–H groups in total. The number of amides is 1. The Morgan fingerprint density at radius 2 is 2.45 bits per heavy atom. The van der Waals surface area contributed by atoms with Crippen molar-refractivity contribution >= 4 is 34.0 Å². The smallest absolute Gasteiger partial charge is 0.212 e. The predicted molar refractivity (Wildman–Crippen MR) is 43.8 cm³/mol. The van der Waals surface area contributed by atoms with Gasteiger partial charge in [0.05, 0.1) is 6.20 Å². The average molecular weight is 217 g/mol. The van der Waals surface area contributed by atoms with Crippen LogP contribution in [0.2, 0.25) is 0 Å². The van der Waals surface area contributed by atoms with Crippen molar-refractivity contribution in [2.45, 2.75) is 0 Å². The molecular formula is C5H5BrN4O. The fraction of sp³-hybridized carbons (Fsp3) is 0. The molecule has 11 heavy (non-hydrogen) atoms. The predicted octanol–water partition coefficient (Wildman–Crippen LogP) is 0.390. The van der Waals surface area contributed by atoms with Crippen molar-refractivity contribution in [1.29, 1.82) is 0 Å². The number of anilines is 2. The molecule has 1 rings (SSSR count). The Labute approximate surface area is 71.2 Å². The van der Waals surface area contributed by atoms with E-state index in [1.165, 1.54) is 6.20 Å². The molecule has 0 saturated heterocycles. The third-order valence-corrected chi connectivity index (χ3v) is 1.35. The van der Waals surface area contributed by atoms with Gasteiger partial charge in [0.2, 0.25) is 6.41 Å². The second-order valence-corrected chi connectivity index (χ2v) is 2.50. The Morgan fingerprint density at radius 3 is 3.09 bits per heavy atom. The first kappa shape index (κ1) is 7.93. The lowest BCUT2D eigenvalue weighted by molar-refractivity contribution is -0.105. The Balaban J connectivity index is 3.01. The number of nitrogens with zero attached hydrogens (tertiary/aromatic N) is 2. The SMILES string of the molecule is Nc1ncc(Br)nc1NC=O. The van der Waals surface area contributed by atoms with Crippen LogP contribution in [0.25, 0.3) is 0 Å². The summed E-state index contributed by atoms with van der Waals surface area (Å²) in [4.78, 5) is 17.6. The van der Waals surface area contributed by atoms with Crippen molar-refractivity contribution in [2.24, 2.45) is 0 Å². The van der Waals surface area contributed by atoms with Crippen LogP contribution in [0.5, 0.6) is 0 Å². The molecule has 0 radical (unpaired) electrons. The Hall–Kier alpha value is -1.17. The summed E-state index contributed by atoms with van der Waals surface area (Å²) in [5.74, 6) is 0.453. The molecule has 0 unspecified atom stereocenters. The number of hydrogen-bond acceptors (Lipinski definition) is 4. The van der Waals surface area contributed by atoms with Gasteiger partial charge < -0.3 is 11.1 Å². The second kappa shape index (κ2) is 3.29. The molecule has 0 atom stereocenters. The van der Waals surface area contributed by atoms with Crippen molar-refractivity contribution in [3.05, 3.63) is 10.8 Å². The van der Waals surface area contributed by atoms with Crippen molar-refractivity contribution in [3.63, 3.8) is 0 Å². The minimum atomic E-state index is 0.195. The summed E-state index contributed by atoms with van der Waals surface area (Å²) in [7, 11) is 0. The van der Waals surface area contributed by atoms with E-state index in [2.05, 4.69) is 31.2 Å². The van der Waals surface area contributed by atoms with E-state index in [0.29, 0.717) is 11.0 Å². The lowest BCUT2D eigenvalue weighted by atomic mass is 10.6. The molecule has 0 aliphatic rings. The van der Waals surface area contributed by atoms with E-state index < -0.39 is 0 Å². The highest BCUT2D eigenvalue weighted by molar-refractivity contribution is 9.10. The molecule has 1 heterocycles. The number of nitrogens with one attached hydrogen (secondary N) is 1. The number of aromatic nitrogens is 2. The lowest BCUT2D eigenvalue weighted by Crippen LogP contribution is -2.03. The first-order valence-corrected chi connectivity index (χ1v) is 3.51. The van der Waals surface area contributed by atoms with Gasteiger partial charge in [-0.05, 0) is 15.9 Å². The zero-order valence-electron chi connectivity index (χ0n) is 5.41. The van der Waals surface area contributed by atoms with E-state index in [1.54, 1.807) is 0 Å². The highest BCUT2D eigenvalue weighted by Gasteiger charge is 2.00. The van der Waals surface area contributed by atoms with Crippen LogP contribution in [0, 0.1) is 0 Å². The maximum Gasteiger partial charge on any atom is 0.212 e. The van der Waals surface area contributed by atoms with Crippen LogP contribution in [0.1, 0.15) is 0 Å². The van der Waals surface area contributed by atoms with Crippen LogP contribution in [0.3, 0.4) is 0 Å². The molecule has 0 bridgehead atoms. The number of carbonyl (C=O) groups is 1. The van der Waals surface area contributed by atoms with E-state index in [9.17, 15) is 4.79 Å². The van der Waals surface area contributed by atoms with Crippen molar-refractivity contribution in [3.8, 4) is 0 Å². The molecule has 1 aromatic rings. The number of nitrogens with two attached hydrogens (primary N) is 1. The summed E-state index contributed by atoms with van der Waals surface area (Å²) in [6.07, 6.45) is 1.94. The van der Waals surface area contributed by atoms with Crippen molar-refractivity contribution < 1.29 is 4.79 Å². The van der Waals surface area contributed by atoms with Gasteiger partial charge in [-0.3, -0.25) is 4.79 Å². The zero-order chi connectivity index (χ0) is 8.27. The minimum absolute atomic E-state index is 0.195. The standard InChI is InChI=1S/C5H5BrN4O/c6-3-1-8-4(7)5(10-3)9-2-11/h1-2H,(H2,7,8)(H,9,10,11). The van der Waals surface area contributed by atoms with Gasteiger partial charge >= 0.3 is 0 Å². The first-order chi connectivity index (χ1) is 5.24. The zero-order valence-corrected chi connectivity index (χ0v) is 7.00. The quantitative estimate of drug-likeness (QED) is 0.702. The lowest BCUT2D eigenvalue weighted by Gasteiger charge is -2.00. The fourth-order valence-corrected chi connectivity index (χ4v) is 0.819. The fourth-order valence-electron chi connectivity index (χ4n) is 0.539. The third-order valence-electron chi connectivity index (χ3n) is 0.967. The van der Waals surface area contributed by atoms with Gasteiger partial charge in [-0.15, -0.1) is 0 Å². The van der Waals surface area contributed by atoms with Gasteiger partial charge in [0.15, 0.2) is 11.6 Å². The molecule has 0 aliphatic carbocycles. The summed E-state index contributed by atoms with van der Waals surface area (Å²) < 4.78 is 0.524. The monoisotopic (exact) mass is 216 g/mol. The molecule has 0 saturated carbocycles. The molecule has 5 nitrogen and oxygen atoms in total. The van der Waals surface area contributed by atoms with Crippen LogP contribution in [0.4, 0.5) is 11.6 Å². The Kier molecular flexibility index (Phi) is 2.37. The van der Waals surface area contributed by atoms with Gasteiger partial charge in [-0.2, -0.15) is 0 Å². The van der Waals surface area contributed by atoms with Crippen LogP contribution in [0.15, 0.2) is 10.8 Å². The van der Waals surface area contributed by atoms with Crippen LogP contribution in [-0.4, -0.2) is 16.4 Å². The molecule has 58 valence electrons. The van der Waals surface area contributed by atoms with Crippen molar-refractivity contribution in [2.75, 3.05) is 11.1 Å². The Bertz CT molecular complexity index is 277. The van der Waals surface area contributed by atoms with Crippen molar-refractivity contribution in [1.82, 2.24) is 9.97 Å². The summed E-state index contributed by atoms with van der Waals surface area (Å²) >= 11 is 3.08. The van der Waals surface area contributed by atoms with Gasteiger partial charge in [0.1, 0.15) is 4.60 Å². The molecule has 0 fully saturated rings. The topological polar surface area (TPSA) is 80.9 Å². The highest BCUT2D eigenvalue weighted by atomic mass is 79.9. The Morgan fingerprint density at radius 1 is 1.73 bits per heavy atom. The number of rotatable bonds is 2. The first-order valence-electron chi connectivity index (χ1n) is 2.72. The summed E-state index contributed by atoms with van der Waals surface area (Å²) in [5, 5.41) is 2.31. The number of carbonyl (C=O) groups excluding carboxylic acids is 1. The van der Waals surface area contributed by atoms with Crippen LogP contribution < -0.4 is 11.1 Å². The van der Waals surface area contributed by atoms with Crippen LogP contribution >= 0.6 is 15.9 Å². The molecule has 1 aromatic heterocycles. The maximum absolute atomic E-state index is 9.99. The van der Waals surface area contributed by atoms with E-state index >= 15 is 0 Å². The van der Waals surface area contributed by atoms with Gasteiger partial charge in [0.25, 0.3) is 0 Å². The normalized spacial score (nSPS) is 9.18.